The normalized spacial score (nSPS) is 18.5. The number of aryl methyl sites for hydroxylation is 1. The minimum absolute atomic E-state index is 0.0391. The fourth-order valence-corrected chi connectivity index (χ4v) is 6.20. The number of carbonyl (C=O) groups excluding carboxylic acids is 1. The molecule has 1 amide bonds. The first-order valence-electron chi connectivity index (χ1n) is 15.6. The molecule has 1 N–H and O–H groups in total. The smallest absolute Gasteiger partial charge is 0.377 e. The van der Waals surface area contributed by atoms with Crippen LogP contribution in [0.15, 0.2) is 62.6 Å². The van der Waals surface area contributed by atoms with Gasteiger partial charge in [-0.25, -0.2) is 9.78 Å². The van der Waals surface area contributed by atoms with Crippen molar-refractivity contribution >= 4 is 5.91 Å². The Hall–Kier alpha value is -4.31. The summed E-state index contributed by atoms with van der Waals surface area (Å²) in [4.78, 5) is 49.1. The molecule has 1 saturated heterocycles. The highest BCUT2D eigenvalue weighted by atomic mass is 16.5. The maximum Gasteiger partial charge on any atom is 0.439 e. The van der Waals surface area contributed by atoms with Crippen LogP contribution in [0.25, 0.3) is 22.5 Å². The fraction of sp³-hybridized carbons (Fsp3) is 0.441. The van der Waals surface area contributed by atoms with E-state index in [1.165, 1.54) is 0 Å². The van der Waals surface area contributed by atoms with Crippen molar-refractivity contribution in [3.8, 4) is 22.5 Å². The maximum atomic E-state index is 14.3. The molecule has 1 aliphatic carbocycles. The Morgan fingerprint density at radius 2 is 1.70 bits per heavy atom. The lowest BCUT2D eigenvalue weighted by Crippen LogP contribution is -2.53. The second-order valence-electron chi connectivity index (χ2n) is 12.1. The molecule has 230 valence electrons. The highest BCUT2D eigenvalue weighted by Crippen LogP contribution is 2.40. The molecule has 0 radical (unpaired) electrons. The Morgan fingerprint density at radius 3 is 2.34 bits per heavy atom. The van der Waals surface area contributed by atoms with Crippen molar-refractivity contribution in [1.82, 2.24) is 24.6 Å². The average molecular weight is 598 g/mol. The van der Waals surface area contributed by atoms with E-state index in [4.69, 9.17) is 14.2 Å². The van der Waals surface area contributed by atoms with Gasteiger partial charge >= 0.3 is 5.76 Å². The second-order valence-corrected chi connectivity index (χ2v) is 12.1. The van der Waals surface area contributed by atoms with E-state index < -0.39 is 5.76 Å². The lowest BCUT2D eigenvalue weighted by atomic mass is 9.98. The van der Waals surface area contributed by atoms with Gasteiger partial charge in [-0.05, 0) is 49.8 Å². The van der Waals surface area contributed by atoms with Crippen molar-refractivity contribution in [2.75, 3.05) is 13.2 Å². The van der Waals surface area contributed by atoms with Crippen LogP contribution in [0.5, 0.6) is 0 Å². The third kappa shape index (κ3) is 6.17. The molecule has 4 aromatic rings. The number of carbonyl (C=O) groups is 1. The Kier molecular flexibility index (Phi) is 8.61. The summed E-state index contributed by atoms with van der Waals surface area (Å²) in [5.74, 6) is 0.752. The van der Waals surface area contributed by atoms with Crippen molar-refractivity contribution in [1.29, 1.82) is 0 Å². The minimum atomic E-state index is -0.606. The number of ether oxygens (including phenoxy) is 1. The first-order chi connectivity index (χ1) is 21.3. The number of hydrogen-bond acceptors (Lipinski definition) is 7. The molecule has 2 aromatic carbocycles. The van der Waals surface area contributed by atoms with Crippen LogP contribution in [0.4, 0.5) is 0 Å². The largest absolute Gasteiger partial charge is 0.439 e. The molecule has 0 spiro atoms. The quantitative estimate of drug-likeness (QED) is 0.281. The number of nitrogens with one attached hydrogen (secondary N) is 1. The van der Waals surface area contributed by atoms with E-state index in [1.54, 1.807) is 4.57 Å². The number of H-pyrrole nitrogens is 1. The number of morpholine rings is 1. The molecule has 0 bridgehead atoms. The number of aromatic nitrogens is 4. The van der Waals surface area contributed by atoms with Crippen molar-refractivity contribution in [3.05, 3.63) is 92.1 Å². The van der Waals surface area contributed by atoms with Gasteiger partial charge in [-0.3, -0.25) is 23.7 Å². The molecule has 1 saturated carbocycles. The number of benzene rings is 2. The summed E-state index contributed by atoms with van der Waals surface area (Å²) in [7, 11) is 0. The van der Waals surface area contributed by atoms with E-state index in [-0.39, 0.29) is 35.9 Å². The number of nitrogens with zero attached hydrogens (tertiary/aromatic N) is 4. The first kappa shape index (κ1) is 29.7. The fourth-order valence-electron chi connectivity index (χ4n) is 6.20. The average Bonchev–Trinajstić information content (AvgIpc) is 3.78. The van der Waals surface area contributed by atoms with Gasteiger partial charge in [0.2, 0.25) is 5.91 Å². The molecule has 10 nitrogen and oxygen atoms in total. The lowest BCUT2D eigenvalue weighted by Gasteiger charge is -2.39. The molecule has 2 unspecified atom stereocenters. The van der Waals surface area contributed by atoms with E-state index in [0.717, 1.165) is 59.5 Å². The summed E-state index contributed by atoms with van der Waals surface area (Å²) in [6.45, 7) is 7.48. The molecular weight excluding hydrogens is 558 g/mol. The minimum Gasteiger partial charge on any atom is -0.377 e. The van der Waals surface area contributed by atoms with Gasteiger partial charge in [0.1, 0.15) is 5.82 Å². The third-order valence-electron chi connectivity index (χ3n) is 8.60. The van der Waals surface area contributed by atoms with Crippen LogP contribution < -0.4 is 11.3 Å². The van der Waals surface area contributed by atoms with Crippen LogP contribution in [-0.4, -0.2) is 55.8 Å². The molecule has 2 aliphatic rings. The van der Waals surface area contributed by atoms with Crippen LogP contribution in [0, 0.1) is 0 Å². The van der Waals surface area contributed by atoms with E-state index in [2.05, 4.69) is 17.1 Å². The summed E-state index contributed by atoms with van der Waals surface area (Å²) >= 11 is 0. The summed E-state index contributed by atoms with van der Waals surface area (Å²) < 4.78 is 12.1. The van der Waals surface area contributed by atoms with Gasteiger partial charge in [-0.2, -0.15) is 0 Å². The molecule has 2 fully saturated rings. The first-order valence-corrected chi connectivity index (χ1v) is 15.6. The Labute approximate surface area is 256 Å². The monoisotopic (exact) mass is 597 g/mol. The van der Waals surface area contributed by atoms with Crippen molar-refractivity contribution in [3.63, 3.8) is 0 Å². The van der Waals surface area contributed by atoms with E-state index in [1.807, 2.05) is 67.3 Å². The molecular formula is C34H39N5O5. The molecule has 3 heterocycles. The summed E-state index contributed by atoms with van der Waals surface area (Å²) in [5.41, 5.74) is 4.78. The van der Waals surface area contributed by atoms with Gasteiger partial charge in [-0.15, -0.1) is 0 Å². The van der Waals surface area contributed by atoms with Gasteiger partial charge < -0.3 is 9.64 Å². The zero-order valence-electron chi connectivity index (χ0n) is 25.5. The van der Waals surface area contributed by atoms with Crippen LogP contribution in [0.1, 0.15) is 75.0 Å². The number of rotatable bonds is 10. The van der Waals surface area contributed by atoms with Gasteiger partial charge in [0, 0.05) is 23.5 Å². The zero-order valence-corrected chi connectivity index (χ0v) is 25.5. The Balaban J connectivity index is 1.33. The third-order valence-corrected chi connectivity index (χ3v) is 8.60. The summed E-state index contributed by atoms with van der Waals surface area (Å²) in [6.07, 6.45) is 4.68. The zero-order chi connectivity index (χ0) is 30.8. The topological polar surface area (TPSA) is 123 Å². The molecule has 1 aliphatic heterocycles. The Bertz CT molecular complexity index is 1740. The predicted octanol–water partition coefficient (Wildman–Crippen LogP) is 4.70. The maximum absolute atomic E-state index is 14.3. The molecule has 6 rings (SSSR count). The van der Waals surface area contributed by atoms with Gasteiger partial charge in [0.05, 0.1) is 44.0 Å². The van der Waals surface area contributed by atoms with Crippen molar-refractivity contribution < 1.29 is 14.1 Å². The predicted molar refractivity (Wildman–Crippen MR) is 166 cm³/mol. The molecule has 2 aromatic heterocycles. The number of unbranched alkanes of at least 4 members (excludes halogenated alkanes) is 1. The summed E-state index contributed by atoms with van der Waals surface area (Å²) in [5, 5.41) is 3.86. The van der Waals surface area contributed by atoms with Crippen LogP contribution in [-0.2, 0) is 28.9 Å². The van der Waals surface area contributed by atoms with Crippen LogP contribution in [0.3, 0.4) is 0 Å². The number of amides is 1. The van der Waals surface area contributed by atoms with Crippen molar-refractivity contribution in [2.45, 2.75) is 83.8 Å². The Morgan fingerprint density at radius 1 is 1.00 bits per heavy atom. The molecule has 2 atom stereocenters. The highest BCUT2D eigenvalue weighted by molar-refractivity contribution is 5.81. The van der Waals surface area contributed by atoms with Crippen molar-refractivity contribution in [2.24, 2.45) is 0 Å². The van der Waals surface area contributed by atoms with E-state index in [0.29, 0.717) is 37.6 Å². The van der Waals surface area contributed by atoms with Crippen LogP contribution >= 0.6 is 0 Å². The standard InChI is InChI=1S/C34H39N5O5/c1-4-5-10-29-35-31(25-15-16-25)28(17-30(40)39-21(2)19-43-20-22(39)3)33(41)38(29)18-23-11-13-24(14-12-23)26-8-6-7-9-27(26)32-36-34(42)44-37-32/h6-9,11-14,21-22,25H,4-5,10,15-20H2,1-3H3,(H,36,37,42). The highest BCUT2D eigenvalue weighted by Gasteiger charge is 2.34. The number of hydrogen-bond donors (Lipinski definition) is 1. The van der Waals surface area contributed by atoms with Gasteiger partial charge in [-0.1, -0.05) is 67.0 Å². The van der Waals surface area contributed by atoms with Crippen LogP contribution in [0.2, 0.25) is 0 Å². The van der Waals surface area contributed by atoms with Gasteiger partial charge in [0.15, 0.2) is 5.82 Å². The molecule has 10 heteroatoms. The van der Waals surface area contributed by atoms with E-state index >= 15 is 0 Å². The van der Waals surface area contributed by atoms with Gasteiger partial charge in [0.25, 0.3) is 5.56 Å². The number of aromatic amines is 1. The lowest BCUT2D eigenvalue weighted by molar-refractivity contribution is -0.143. The van der Waals surface area contributed by atoms with E-state index in [9.17, 15) is 14.4 Å². The SMILES string of the molecule is CCCCc1nc(C2CC2)c(CC(=O)N2C(C)COCC2C)c(=O)n1Cc1ccc(-c2ccccc2-c2noc(=O)[nH]2)cc1. The molecule has 44 heavy (non-hydrogen) atoms. The second kappa shape index (κ2) is 12.7. The summed E-state index contributed by atoms with van der Waals surface area (Å²) in [6, 6.07) is 15.6.